The van der Waals surface area contributed by atoms with E-state index >= 15 is 0 Å². The van der Waals surface area contributed by atoms with Gasteiger partial charge in [-0.1, -0.05) is 6.92 Å². The molecule has 16 heavy (non-hydrogen) atoms. The van der Waals surface area contributed by atoms with E-state index in [9.17, 15) is 4.79 Å². The Morgan fingerprint density at radius 1 is 1.25 bits per heavy atom. The summed E-state index contributed by atoms with van der Waals surface area (Å²) >= 11 is 0. The van der Waals surface area contributed by atoms with Crippen LogP contribution < -0.4 is 5.32 Å². The van der Waals surface area contributed by atoms with Crippen molar-refractivity contribution >= 4 is 15.4 Å². The molecule has 5 nitrogen and oxygen atoms in total. The molecule has 0 saturated heterocycles. The van der Waals surface area contributed by atoms with Gasteiger partial charge in [-0.05, 0) is 20.3 Å². The number of nitrogens with one attached hydrogen (secondary N) is 1. The smallest absolute Gasteiger partial charge is 0.406 e. The van der Waals surface area contributed by atoms with Gasteiger partial charge in [0.2, 0.25) is 0 Å². The Hall–Kier alpha value is -0.593. The zero-order valence-corrected chi connectivity index (χ0v) is 11.8. The Morgan fingerprint density at radius 3 is 2.19 bits per heavy atom. The number of hydrogen-bond donors (Lipinski definition) is 1. The van der Waals surface area contributed by atoms with E-state index in [2.05, 4.69) is 17.0 Å². The van der Waals surface area contributed by atoms with Crippen LogP contribution in [-0.4, -0.2) is 42.2 Å². The lowest BCUT2D eigenvalue weighted by molar-refractivity contribution is 0.168. The first kappa shape index (κ1) is 15.4. The highest BCUT2D eigenvalue weighted by molar-refractivity contribution is 6.46. The Labute approximate surface area is 99.3 Å². The molecule has 0 aliphatic rings. The normalized spacial score (nSPS) is 12.6. The summed E-state index contributed by atoms with van der Waals surface area (Å²) in [5.74, 6) is 0. The van der Waals surface area contributed by atoms with Crippen molar-refractivity contribution in [3.8, 4) is 0 Å². The van der Waals surface area contributed by atoms with E-state index in [1.165, 1.54) is 7.11 Å². The van der Waals surface area contributed by atoms with Crippen LogP contribution in [0.3, 0.4) is 0 Å². The van der Waals surface area contributed by atoms with Crippen LogP contribution in [0.2, 0.25) is 5.54 Å². The van der Waals surface area contributed by atoms with Gasteiger partial charge in [-0.2, -0.15) is 0 Å². The molecule has 0 aliphatic heterocycles. The average molecular weight is 249 g/mol. The van der Waals surface area contributed by atoms with Gasteiger partial charge in [0.25, 0.3) is 0 Å². The minimum atomic E-state index is -1.69. The number of rotatable bonds is 8. The predicted octanol–water partition coefficient (Wildman–Crippen LogP) is 1.42. The summed E-state index contributed by atoms with van der Waals surface area (Å²) in [4.78, 5) is 11.0. The second kappa shape index (κ2) is 9.62. The molecule has 0 saturated carbocycles. The lowest BCUT2D eigenvalue weighted by atomic mass is 10.3. The van der Waals surface area contributed by atoms with Crippen LogP contribution in [0.4, 0.5) is 4.79 Å². The largest absolute Gasteiger partial charge is 0.453 e. The molecule has 6 heteroatoms. The molecule has 1 N–H and O–H groups in total. The third-order valence-electron chi connectivity index (χ3n) is 2.27. The Morgan fingerprint density at radius 2 is 1.81 bits per heavy atom. The van der Waals surface area contributed by atoms with Gasteiger partial charge in [0.05, 0.1) is 7.11 Å². The number of methoxy groups -OCH3 is 1. The van der Waals surface area contributed by atoms with Gasteiger partial charge >= 0.3 is 15.4 Å². The third kappa shape index (κ3) is 6.09. The molecule has 1 unspecified atom stereocenters. The molecule has 0 aromatic rings. The van der Waals surface area contributed by atoms with E-state index < -0.39 is 15.4 Å². The second-order valence-electron chi connectivity index (χ2n) is 3.32. The van der Waals surface area contributed by atoms with Crippen LogP contribution in [0.5, 0.6) is 0 Å². The van der Waals surface area contributed by atoms with Gasteiger partial charge in [-0.15, -0.1) is 0 Å². The summed E-state index contributed by atoms with van der Waals surface area (Å²) in [5.41, 5.74) is 0.277. The van der Waals surface area contributed by atoms with Crippen molar-refractivity contribution in [3.05, 3.63) is 0 Å². The van der Waals surface area contributed by atoms with E-state index in [-0.39, 0.29) is 5.54 Å². The first-order valence-corrected chi connectivity index (χ1v) is 7.35. The minimum Gasteiger partial charge on any atom is -0.453 e. The van der Waals surface area contributed by atoms with Crippen molar-refractivity contribution in [2.75, 3.05) is 26.9 Å². The van der Waals surface area contributed by atoms with E-state index in [1.54, 1.807) is 0 Å². The fraction of sp³-hybridized carbons (Fsp3) is 0.900. The summed E-state index contributed by atoms with van der Waals surface area (Å²) in [7, 11) is -0.332. The molecule has 0 fully saturated rings. The molecule has 0 aromatic carbocycles. The van der Waals surface area contributed by atoms with Crippen LogP contribution in [-0.2, 0) is 13.6 Å². The summed E-state index contributed by atoms with van der Waals surface area (Å²) < 4.78 is 15.8. The molecule has 0 bridgehead atoms. The Bertz CT molecular complexity index is 186. The van der Waals surface area contributed by atoms with Crippen LogP contribution in [0, 0.1) is 0 Å². The van der Waals surface area contributed by atoms with Gasteiger partial charge in [-0.3, -0.25) is 0 Å². The molecule has 0 radical (unpaired) electrons. The first-order chi connectivity index (χ1) is 7.69. The molecule has 1 atom stereocenters. The molecular weight excluding hydrogens is 226 g/mol. The van der Waals surface area contributed by atoms with Crippen molar-refractivity contribution < 1.29 is 18.4 Å². The van der Waals surface area contributed by atoms with Crippen LogP contribution in [0.25, 0.3) is 0 Å². The van der Waals surface area contributed by atoms with Crippen molar-refractivity contribution in [3.63, 3.8) is 0 Å². The van der Waals surface area contributed by atoms with Gasteiger partial charge in [0, 0.05) is 25.3 Å². The quantitative estimate of drug-likeness (QED) is 0.661. The topological polar surface area (TPSA) is 56.8 Å². The number of amides is 1. The third-order valence-corrected chi connectivity index (χ3v) is 5.07. The molecule has 0 heterocycles. The van der Waals surface area contributed by atoms with Crippen LogP contribution in [0.1, 0.15) is 27.2 Å². The maximum absolute atomic E-state index is 11.0. The zero-order chi connectivity index (χ0) is 12.4. The van der Waals surface area contributed by atoms with E-state index in [0.29, 0.717) is 19.8 Å². The molecule has 0 aliphatic carbocycles. The highest BCUT2D eigenvalue weighted by Crippen LogP contribution is 2.16. The van der Waals surface area contributed by atoms with Crippen LogP contribution >= 0.6 is 0 Å². The molecule has 96 valence electrons. The van der Waals surface area contributed by atoms with Crippen molar-refractivity contribution in [2.45, 2.75) is 32.7 Å². The SMILES string of the molecule is CCO[SiH](OCC)C(CC)CNC(=O)OC. The van der Waals surface area contributed by atoms with Crippen molar-refractivity contribution in [1.29, 1.82) is 0 Å². The van der Waals surface area contributed by atoms with E-state index in [0.717, 1.165) is 6.42 Å². The highest BCUT2D eigenvalue weighted by atomic mass is 28.3. The number of ether oxygens (including phenoxy) is 1. The summed E-state index contributed by atoms with van der Waals surface area (Å²) in [6, 6.07) is 0. The Balaban J connectivity index is 4.13. The maximum atomic E-state index is 11.0. The highest BCUT2D eigenvalue weighted by Gasteiger charge is 2.24. The minimum absolute atomic E-state index is 0.277. The molecular formula is C10H23NO4Si. The molecule has 0 aromatic heterocycles. The number of alkyl carbamates (subject to hydrolysis) is 1. The average Bonchev–Trinajstić information content (AvgIpc) is 2.30. The fourth-order valence-corrected chi connectivity index (χ4v) is 3.36. The summed E-state index contributed by atoms with van der Waals surface area (Å²) in [6.45, 7) is 7.86. The van der Waals surface area contributed by atoms with Crippen molar-refractivity contribution in [2.24, 2.45) is 0 Å². The van der Waals surface area contributed by atoms with Gasteiger partial charge in [0.1, 0.15) is 0 Å². The monoisotopic (exact) mass is 249 g/mol. The first-order valence-electron chi connectivity index (χ1n) is 5.74. The Kier molecular flexibility index (Phi) is 9.26. The summed E-state index contributed by atoms with van der Waals surface area (Å²) in [6.07, 6.45) is 0.528. The van der Waals surface area contributed by atoms with E-state index in [1.807, 2.05) is 13.8 Å². The summed E-state index contributed by atoms with van der Waals surface area (Å²) in [5, 5.41) is 2.69. The molecule has 1 amide bonds. The van der Waals surface area contributed by atoms with E-state index in [4.69, 9.17) is 8.85 Å². The number of hydrogen-bond acceptors (Lipinski definition) is 4. The number of carbonyl (C=O) groups is 1. The van der Waals surface area contributed by atoms with Crippen molar-refractivity contribution in [1.82, 2.24) is 5.32 Å². The fourth-order valence-electron chi connectivity index (χ4n) is 1.37. The molecule has 0 spiro atoms. The van der Waals surface area contributed by atoms with Gasteiger partial charge in [0.15, 0.2) is 0 Å². The van der Waals surface area contributed by atoms with Crippen LogP contribution in [0.15, 0.2) is 0 Å². The number of carbonyl (C=O) groups excluding carboxylic acids is 1. The lowest BCUT2D eigenvalue weighted by Crippen LogP contribution is -2.37. The van der Waals surface area contributed by atoms with Gasteiger partial charge < -0.3 is 18.9 Å². The lowest BCUT2D eigenvalue weighted by Gasteiger charge is -2.23. The maximum Gasteiger partial charge on any atom is 0.406 e. The molecule has 0 rings (SSSR count). The standard InChI is InChI=1S/C10H23NO4Si/c1-5-9(8-11-10(12)13-4)16(14-6-2)15-7-3/h9,16H,5-8H2,1-4H3,(H,11,12). The van der Waals surface area contributed by atoms with Gasteiger partial charge in [-0.25, -0.2) is 4.79 Å². The zero-order valence-electron chi connectivity index (χ0n) is 10.6. The predicted molar refractivity (Wildman–Crippen MR) is 64.8 cm³/mol. The second-order valence-corrected chi connectivity index (χ2v) is 5.67.